The highest BCUT2D eigenvalue weighted by Crippen LogP contribution is 2.25. The first-order valence-corrected chi connectivity index (χ1v) is 6.72. The molecule has 0 radical (unpaired) electrons. The average molecular weight is 290 g/mol. The van der Waals surface area contributed by atoms with E-state index in [1.54, 1.807) is 42.5 Å². The largest absolute Gasteiger partial charge is 0.491 e. The van der Waals surface area contributed by atoms with Gasteiger partial charge in [-0.3, -0.25) is 4.79 Å². The zero-order chi connectivity index (χ0) is 14.7. The van der Waals surface area contributed by atoms with Crippen molar-refractivity contribution in [3.63, 3.8) is 0 Å². The van der Waals surface area contributed by atoms with Gasteiger partial charge in [-0.1, -0.05) is 17.7 Å². The molecule has 0 aliphatic heterocycles. The molecule has 0 bridgehead atoms. The summed E-state index contributed by atoms with van der Waals surface area (Å²) >= 11 is 5.93. The molecular formula is C16H16ClNO2. The van der Waals surface area contributed by atoms with Crippen molar-refractivity contribution in [1.82, 2.24) is 0 Å². The van der Waals surface area contributed by atoms with Gasteiger partial charge in [-0.05, 0) is 50.2 Å². The van der Waals surface area contributed by atoms with Crippen molar-refractivity contribution in [2.75, 3.05) is 5.73 Å². The third-order valence-electron chi connectivity index (χ3n) is 2.79. The van der Waals surface area contributed by atoms with Crippen LogP contribution in [0.4, 0.5) is 5.69 Å². The molecule has 2 aromatic carbocycles. The molecule has 3 nitrogen and oxygen atoms in total. The number of ketones is 1. The molecule has 0 aliphatic carbocycles. The Hall–Kier alpha value is -2.00. The van der Waals surface area contributed by atoms with E-state index in [2.05, 4.69) is 0 Å². The number of benzene rings is 2. The lowest BCUT2D eigenvalue weighted by atomic mass is 10.0. The monoisotopic (exact) mass is 289 g/mol. The molecular weight excluding hydrogens is 274 g/mol. The summed E-state index contributed by atoms with van der Waals surface area (Å²) in [5.41, 5.74) is 7.11. The predicted molar refractivity (Wildman–Crippen MR) is 81.5 cm³/mol. The quantitative estimate of drug-likeness (QED) is 0.685. The van der Waals surface area contributed by atoms with E-state index in [1.807, 2.05) is 13.8 Å². The number of ether oxygens (including phenoxy) is 1. The van der Waals surface area contributed by atoms with Crippen LogP contribution < -0.4 is 10.5 Å². The molecule has 0 aliphatic rings. The first-order chi connectivity index (χ1) is 9.49. The zero-order valence-corrected chi connectivity index (χ0v) is 12.1. The number of anilines is 1. The van der Waals surface area contributed by atoms with Crippen LogP contribution in [0.5, 0.6) is 5.75 Å². The Morgan fingerprint density at radius 1 is 1.15 bits per heavy atom. The summed E-state index contributed by atoms with van der Waals surface area (Å²) < 4.78 is 5.54. The van der Waals surface area contributed by atoms with E-state index in [0.29, 0.717) is 21.8 Å². The fourth-order valence-corrected chi connectivity index (χ4v) is 2.02. The highest BCUT2D eigenvalue weighted by atomic mass is 35.5. The lowest BCUT2D eigenvalue weighted by molar-refractivity contribution is 0.103. The van der Waals surface area contributed by atoms with Gasteiger partial charge in [0.05, 0.1) is 16.8 Å². The van der Waals surface area contributed by atoms with Gasteiger partial charge in [0.25, 0.3) is 0 Å². The SMILES string of the molecule is CC(C)Oc1ccc(C(=O)c2cccc(Cl)c2N)cc1. The second kappa shape index (κ2) is 5.97. The number of hydrogen-bond acceptors (Lipinski definition) is 3. The van der Waals surface area contributed by atoms with Crippen LogP contribution in [-0.4, -0.2) is 11.9 Å². The maximum absolute atomic E-state index is 12.4. The second-order valence-corrected chi connectivity index (χ2v) is 5.13. The molecule has 0 fully saturated rings. The zero-order valence-electron chi connectivity index (χ0n) is 11.4. The van der Waals surface area contributed by atoms with Crippen molar-refractivity contribution >= 4 is 23.1 Å². The van der Waals surface area contributed by atoms with Gasteiger partial charge in [0.15, 0.2) is 5.78 Å². The van der Waals surface area contributed by atoms with Gasteiger partial charge < -0.3 is 10.5 Å². The second-order valence-electron chi connectivity index (χ2n) is 4.72. The van der Waals surface area contributed by atoms with Crippen molar-refractivity contribution in [2.24, 2.45) is 0 Å². The number of carbonyl (C=O) groups excluding carboxylic acids is 1. The lowest BCUT2D eigenvalue weighted by Crippen LogP contribution is -2.07. The van der Waals surface area contributed by atoms with Crippen LogP contribution >= 0.6 is 11.6 Å². The van der Waals surface area contributed by atoms with Crippen molar-refractivity contribution in [2.45, 2.75) is 20.0 Å². The summed E-state index contributed by atoms with van der Waals surface area (Å²) in [6, 6.07) is 12.0. The fraction of sp³-hybridized carbons (Fsp3) is 0.188. The molecule has 0 atom stereocenters. The van der Waals surface area contributed by atoms with Crippen LogP contribution in [0.15, 0.2) is 42.5 Å². The number of rotatable bonds is 4. The van der Waals surface area contributed by atoms with Crippen molar-refractivity contribution in [3.8, 4) is 5.75 Å². The van der Waals surface area contributed by atoms with E-state index in [-0.39, 0.29) is 11.9 Å². The van der Waals surface area contributed by atoms with Gasteiger partial charge in [-0.15, -0.1) is 0 Å². The van der Waals surface area contributed by atoms with Crippen molar-refractivity contribution in [1.29, 1.82) is 0 Å². The maximum Gasteiger partial charge on any atom is 0.195 e. The van der Waals surface area contributed by atoms with Crippen LogP contribution in [0.3, 0.4) is 0 Å². The molecule has 20 heavy (non-hydrogen) atoms. The Balaban J connectivity index is 2.27. The minimum atomic E-state index is -0.152. The van der Waals surface area contributed by atoms with Gasteiger partial charge in [-0.2, -0.15) is 0 Å². The molecule has 2 N–H and O–H groups in total. The number of hydrogen-bond donors (Lipinski definition) is 1. The summed E-state index contributed by atoms with van der Waals surface area (Å²) in [7, 11) is 0. The minimum Gasteiger partial charge on any atom is -0.491 e. The number of nitrogen functional groups attached to an aromatic ring is 1. The molecule has 104 valence electrons. The fourth-order valence-electron chi connectivity index (χ4n) is 1.85. The third-order valence-corrected chi connectivity index (χ3v) is 3.12. The van der Waals surface area contributed by atoms with Gasteiger partial charge >= 0.3 is 0 Å². The topological polar surface area (TPSA) is 52.3 Å². The first-order valence-electron chi connectivity index (χ1n) is 6.34. The summed E-state index contributed by atoms with van der Waals surface area (Å²) in [5, 5.41) is 0.385. The molecule has 0 unspecified atom stereocenters. The highest BCUT2D eigenvalue weighted by Gasteiger charge is 2.14. The van der Waals surface area contributed by atoms with E-state index in [1.165, 1.54) is 0 Å². The Kier molecular flexibility index (Phi) is 4.30. The van der Waals surface area contributed by atoms with E-state index in [4.69, 9.17) is 22.1 Å². The molecule has 4 heteroatoms. The number of carbonyl (C=O) groups is 1. The molecule has 2 aromatic rings. The van der Waals surface area contributed by atoms with E-state index in [0.717, 1.165) is 5.75 Å². The molecule has 0 saturated heterocycles. The number of nitrogens with two attached hydrogens (primary N) is 1. The summed E-state index contributed by atoms with van der Waals surface area (Å²) in [4.78, 5) is 12.4. The molecule has 0 amide bonds. The lowest BCUT2D eigenvalue weighted by Gasteiger charge is -2.10. The maximum atomic E-state index is 12.4. The van der Waals surface area contributed by atoms with Gasteiger partial charge in [0, 0.05) is 11.1 Å². The molecule has 0 aromatic heterocycles. The van der Waals surface area contributed by atoms with Crippen LogP contribution in [0.2, 0.25) is 5.02 Å². The predicted octanol–water partition coefficient (Wildman–Crippen LogP) is 3.94. The minimum absolute atomic E-state index is 0.0973. The van der Waals surface area contributed by atoms with Gasteiger partial charge in [-0.25, -0.2) is 0 Å². The molecule has 0 saturated carbocycles. The van der Waals surface area contributed by atoms with E-state index < -0.39 is 0 Å². The Morgan fingerprint density at radius 2 is 1.80 bits per heavy atom. The third kappa shape index (κ3) is 3.11. The van der Waals surface area contributed by atoms with E-state index >= 15 is 0 Å². The van der Waals surface area contributed by atoms with Crippen molar-refractivity contribution < 1.29 is 9.53 Å². The van der Waals surface area contributed by atoms with Gasteiger partial charge in [0.1, 0.15) is 5.75 Å². The Bertz CT molecular complexity index is 621. The molecule has 0 heterocycles. The standard InChI is InChI=1S/C16H16ClNO2/c1-10(2)20-12-8-6-11(7-9-12)16(19)13-4-3-5-14(17)15(13)18/h3-10H,18H2,1-2H3. The summed E-state index contributed by atoms with van der Waals surface area (Å²) in [5.74, 6) is 0.580. The Morgan fingerprint density at radius 3 is 2.40 bits per heavy atom. The normalized spacial score (nSPS) is 10.6. The van der Waals surface area contributed by atoms with Crippen LogP contribution in [-0.2, 0) is 0 Å². The molecule has 2 rings (SSSR count). The smallest absolute Gasteiger partial charge is 0.195 e. The highest BCUT2D eigenvalue weighted by molar-refractivity contribution is 6.34. The van der Waals surface area contributed by atoms with Crippen LogP contribution in [0, 0.1) is 0 Å². The number of halogens is 1. The van der Waals surface area contributed by atoms with Crippen LogP contribution in [0.1, 0.15) is 29.8 Å². The summed E-state index contributed by atoms with van der Waals surface area (Å²) in [6.45, 7) is 3.90. The molecule has 0 spiro atoms. The van der Waals surface area contributed by atoms with Crippen LogP contribution in [0.25, 0.3) is 0 Å². The van der Waals surface area contributed by atoms with Crippen molar-refractivity contribution in [3.05, 3.63) is 58.6 Å². The van der Waals surface area contributed by atoms with E-state index in [9.17, 15) is 4.79 Å². The number of para-hydroxylation sites is 1. The first kappa shape index (κ1) is 14.4. The van der Waals surface area contributed by atoms with Gasteiger partial charge in [0.2, 0.25) is 0 Å². The average Bonchev–Trinajstić information content (AvgIpc) is 2.41. The summed E-state index contributed by atoms with van der Waals surface area (Å²) in [6.07, 6.45) is 0.0973. The Labute approximate surface area is 123 Å².